The van der Waals surface area contributed by atoms with Crippen LogP contribution >= 0.6 is 0 Å². The monoisotopic (exact) mass is 233 g/mol. The van der Waals surface area contributed by atoms with E-state index in [1.165, 1.54) is 6.07 Å². The van der Waals surface area contributed by atoms with Crippen LogP contribution in [0.5, 0.6) is 0 Å². The molecule has 90 valence electrons. The molecule has 2 N–H and O–H groups in total. The number of nitrogen functional groups attached to an aromatic ring is 1. The standard InChI is InChI=1S/C13H16FN3/c1-3-9(2)17-13(15)8-12(16-17)10-6-4-5-7-11(10)14/h4-9H,3,15H2,1-2H3. The van der Waals surface area contributed by atoms with E-state index in [2.05, 4.69) is 12.0 Å². The van der Waals surface area contributed by atoms with Gasteiger partial charge in [0.25, 0.3) is 0 Å². The van der Waals surface area contributed by atoms with Gasteiger partial charge in [0.1, 0.15) is 11.6 Å². The minimum atomic E-state index is -0.277. The molecule has 0 bridgehead atoms. The Morgan fingerprint density at radius 3 is 2.76 bits per heavy atom. The summed E-state index contributed by atoms with van der Waals surface area (Å²) in [7, 11) is 0. The minimum Gasteiger partial charge on any atom is -0.384 e. The molecule has 0 spiro atoms. The fourth-order valence-corrected chi connectivity index (χ4v) is 1.74. The molecule has 1 aromatic heterocycles. The molecule has 3 nitrogen and oxygen atoms in total. The molecule has 0 aliphatic rings. The summed E-state index contributed by atoms with van der Waals surface area (Å²) in [4.78, 5) is 0. The van der Waals surface area contributed by atoms with Crippen molar-refractivity contribution in [3.8, 4) is 11.3 Å². The van der Waals surface area contributed by atoms with Gasteiger partial charge in [-0.05, 0) is 25.5 Å². The van der Waals surface area contributed by atoms with E-state index in [1.54, 1.807) is 28.9 Å². The van der Waals surface area contributed by atoms with E-state index in [0.29, 0.717) is 17.1 Å². The van der Waals surface area contributed by atoms with Crippen LogP contribution in [0.25, 0.3) is 11.3 Å². The molecule has 1 aromatic carbocycles. The lowest BCUT2D eigenvalue weighted by atomic mass is 10.1. The van der Waals surface area contributed by atoms with Crippen LogP contribution in [0.1, 0.15) is 26.3 Å². The summed E-state index contributed by atoms with van der Waals surface area (Å²) in [6.45, 7) is 4.10. The van der Waals surface area contributed by atoms with E-state index in [9.17, 15) is 4.39 Å². The zero-order valence-corrected chi connectivity index (χ0v) is 10.0. The predicted molar refractivity (Wildman–Crippen MR) is 67.0 cm³/mol. The van der Waals surface area contributed by atoms with Gasteiger partial charge >= 0.3 is 0 Å². The zero-order valence-electron chi connectivity index (χ0n) is 10.0. The molecular weight excluding hydrogens is 217 g/mol. The first-order valence-corrected chi connectivity index (χ1v) is 5.73. The molecule has 0 saturated carbocycles. The van der Waals surface area contributed by atoms with Crippen LogP contribution in [-0.2, 0) is 0 Å². The Morgan fingerprint density at radius 1 is 1.41 bits per heavy atom. The van der Waals surface area contributed by atoms with Crippen molar-refractivity contribution in [3.05, 3.63) is 36.1 Å². The molecule has 2 rings (SSSR count). The van der Waals surface area contributed by atoms with Crippen LogP contribution < -0.4 is 5.73 Å². The summed E-state index contributed by atoms with van der Waals surface area (Å²) < 4.78 is 15.3. The van der Waals surface area contributed by atoms with Gasteiger partial charge in [-0.1, -0.05) is 19.1 Å². The van der Waals surface area contributed by atoms with Gasteiger partial charge in [-0.3, -0.25) is 0 Å². The van der Waals surface area contributed by atoms with E-state index in [-0.39, 0.29) is 11.9 Å². The third kappa shape index (κ3) is 2.16. The topological polar surface area (TPSA) is 43.8 Å². The molecular formula is C13H16FN3. The highest BCUT2D eigenvalue weighted by Gasteiger charge is 2.13. The van der Waals surface area contributed by atoms with Crippen LogP contribution in [0, 0.1) is 5.82 Å². The fourth-order valence-electron chi connectivity index (χ4n) is 1.74. The lowest BCUT2D eigenvalue weighted by molar-refractivity contribution is 0.485. The molecule has 0 fully saturated rings. The third-order valence-electron chi connectivity index (χ3n) is 2.92. The van der Waals surface area contributed by atoms with Crippen molar-refractivity contribution in [2.24, 2.45) is 0 Å². The summed E-state index contributed by atoms with van der Waals surface area (Å²) in [5, 5.41) is 4.36. The van der Waals surface area contributed by atoms with Crippen molar-refractivity contribution in [2.75, 3.05) is 5.73 Å². The van der Waals surface area contributed by atoms with Gasteiger partial charge in [-0.15, -0.1) is 0 Å². The van der Waals surface area contributed by atoms with Crippen molar-refractivity contribution in [3.63, 3.8) is 0 Å². The highest BCUT2D eigenvalue weighted by atomic mass is 19.1. The second kappa shape index (κ2) is 4.57. The smallest absolute Gasteiger partial charge is 0.132 e. The summed E-state index contributed by atoms with van der Waals surface area (Å²) in [5.74, 6) is 0.291. The van der Waals surface area contributed by atoms with Gasteiger partial charge in [0.15, 0.2) is 0 Å². The summed E-state index contributed by atoms with van der Waals surface area (Å²) >= 11 is 0. The molecule has 4 heteroatoms. The summed E-state index contributed by atoms with van der Waals surface area (Å²) in [5.41, 5.74) is 6.95. The summed E-state index contributed by atoms with van der Waals surface area (Å²) in [6, 6.07) is 8.51. The lowest BCUT2D eigenvalue weighted by Crippen LogP contribution is -2.09. The predicted octanol–water partition coefficient (Wildman–Crippen LogP) is 3.24. The molecule has 0 amide bonds. The van der Waals surface area contributed by atoms with Crippen LogP contribution in [0.3, 0.4) is 0 Å². The quantitative estimate of drug-likeness (QED) is 0.884. The Labute approximate surface area is 100 Å². The molecule has 1 heterocycles. The van der Waals surface area contributed by atoms with Gasteiger partial charge in [-0.2, -0.15) is 5.10 Å². The van der Waals surface area contributed by atoms with E-state index in [1.807, 2.05) is 6.92 Å². The van der Waals surface area contributed by atoms with Crippen molar-refractivity contribution >= 4 is 5.82 Å². The second-order valence-corrected chi connectivity index (χ2v) is 4.14. The maximum atomic E-state index is 13.6. The fraction of sp³-hybridized carbons (Fsp3) is 0.308. The first-order chi connectivity index (χ1) is 8.13. The third-order valence-corrected chi connectivity index (χ3v) is 2.92. The van der Waals surface area contributed by atoms with E-state index < -0.39 is 0 Å². The molecule has 1 unspecified atom stereocenters. The molecule has 0 aliphatic heterocycles. The minimum absolute atomic E-state index is 0.218. The Bertz CT molecular complexity index is 519. The van der Waals surface area contributed by atoms with Crippen molar-refractivity contribution in [1.29, 1.82) is 0 Å². The average Bonchev–Trinajstić information content (AvgIpc) is 2.71. The highest BCUT2D eigenvalue weighted by molar-refractivity contribution is 5.62. The highest BCUT2D eigenvalue weighted by Crippen LogP contribution is 2.25. The lowest BCUT2D eigenvalue weighted by Gasteiger charge is -2.10. The molecule has 0 radical (unpaired) electrons. The molecule has 0 aliphatic carbocycles. The number of anilines is 1. The van der Waals surface area contributed by atoms with E-state index in [0.717, 1.165) is 6.42 Å². The van der Waals surface area contributed by atoms with Crippen LogP contribution in [0.2, 0.25) is 0 Å². The maximum absolute atomic E-state index is 13.6. The number of nitrogens with zero attached hydrogens (tertiary/aromatic N) is 2. The Balaban J connectivity index is 2.45. The average molecular weight is 233 g/mol. The summed E-state index contributed by atoms with van der Waals surface area (Å²) in [6.07, 6.45) is 0.933. The largest absolute Gasteiger partial charge is 0.384 e. The number of aromatic nitrogens is 2. The number of hydrogen-bond donors (Lipinski definition) is 1. The Kier molecular flexibility index (Phi) is 3.13. The van der Waals surface area contributed by atoms with Crippen molar-refractivity contribution in [2.45, 2.75) is 26.3 Å². The van der Waals surface area contributed by atoms with Gasteiger partial charge in [0.05, 0.1) is 11.7 Å². The number of rotatable bonds is 3. The van der Waals surface area contributed by atoms with E-state index in [4.69, 9.17) is 5.73 Å². The van der Waals surface area contributed by atoms with E-state index >= 15 is 0 Å². The Hall–Kier alpha value is -1.84. The molecule has 17 heavy (non-hydrogen) atoms. The molecule has 0 saturated heterocycles. The van der Waals surface area contributed by atoms with Crippen LogP contribution in [-0.4, -0.2) is 9.78 Å². The Morgan fingerprint density at radius 2 is 2.12 bits per heavy atom. The first-order valence-electron chi connectivity index (χ1n) is 5.73. The van der Waals surface area contributed by atoms with Crippen LogP contribution in [0.4, 0.5) is 10.2 Å². The van der Waals surface area contributed by atoms with Gasteiger partial charge in [0, 0.05) is 11.6 Å². The number of halogens is 1. The van der Waals surface area contributed by atoms with Crippen LogP contribution in [0.15, 0.2) is 30.3 Å². The number of benzene rings is 1. The van der Waals surface area contributed by atoms with Gasteiger partial charge in [-0.25, -0.2) is 9.07 Å². The number of hydrogen-bond acceptors (Lipinski definition) is 2. The zero-order chi connectivity index (χ0) is 12.4. The molecule has 2 aromatic rings. The molecule has 1 atom stereocenters. The van der Waals surface area contributed by atoms with Gasteiger partial charge in [0.2, 0.25) is 0 Å². The van der Waals surface area contributed by atoms with Gasteiger partial charge < -0.3 is 5.73 Å². The van der Waals surface area contributed by atoms with Crippen molar-refractivity contribution in [1.82, 2.24) is 9.78 Å². The normalized spacial score (nSPS) is 12.6. The number of nitrogens with two attached hydrogens (primary N) is 1. The second-order valence-electron chi connectivity index (χ2n) is 4.14. The SMILES string of the molecule is CCC(C)n1nc(-c2ccccc2F)cc1N. The van der Waals surface area contributed by atoms with Crippen molar-refractivity contribution < 1.29 is 4.39 Å². The maximum Gasteiger partial charge on any atom is 0.132 e. The first kappa shape index (κ1) is 11.6.